The van der Waals surface area contributed by atoms with Gasteiger partial charge in [0.15, 0.2) is 0 Å². The normalized spacial score (nSPS) is 12.7. The average Bonchev–Trinajstić information content (AvgIpc) is 2.93. The van der Waals surface area contributed by atoms with Crippen molar-refractivity contribution in [2.45, 2.75) is 57.9 Å². The molecule has 0 saturated carbocycles. The lowest BCUT2D eigenvalue weighted by molar-refractivity contribution is -0.123. The van der Waals surface area contributed by atoms with Crippen LogP contribution in [0.4, 0.5) is 0 Å². The molecular weight excluding hydrogens is 329 g/mol. The molecule has 0 fully saturated rings. The van der Waals surface area contributed by atoms with Gasteiger partial charge < -0.3 is 11.1 Å². The summed E-state index contributed by atoms with van der Waals surface area (Å²) in [5.41, 5.74) is 5.11. The molecule has 0 aliphatic carbocycles. The number of nitrogens with one attached hydrogen (secondary N) is 1. The predicted octanol–water partition coefficient (Wildman–Crippen LogP) is 3.64. The van der Waals surface area contributed by atoms with Gasteiger partial charge in [-0.1, -0.05) is 19.8 Å². The lowest BCUT2D eigenvalue weighted by Gasteiger charge is -2.27. The Hall–Kier alpha value is -0.360. The summed E-state index contributed by atoms with van der Waals surface area (Å²) in [4.78, 5) is 16.3. The third-order valence-corrected chi connectivity index (χ3v) is 4.42. The minimum absolute atomic E-state index is 0. The molecule has 3 N–H and O–H groups in total. The number of unbranched alkanes of at least 4 members (excludes halogenated alkanes) is 3. The fraction of sp³-hybridized carbons (Fsp3) is 0.714. The number of amides is 1. The van der Waals surface area contributed by atoms with Crippen LogP contribution in [-0.4, -0.2) is 17.4 Å². The van der Waals surface area contributed by atoms with E-state index in [1.807, 2.05) is 12.3 Å². The monoisotopic (exact) mass is 355 g/mol. The van der Waals surface area contributed by atoms with Crippen LogP contribution < -0.4 is 11.1 Å². The third kappa shape index (κ3) is 8.00. The Morgan fingerprint density at radius 2 is 2.00 bits per heavy atom. The zero-order valence-corrected chi connectivity index (χ0v) is 15.2. The van der Waals surface area contributed by atoms with Crippen LogP contribution in [0.25, 0.3) is 0 Å². The van der Waals surface area contributed by atoms with Crippen molar-refractivity contribution in [2.24, 2.45) is 5.73 Å². The maximum atomic E-state index is 12.0. The first-order chi connectivity index (χ1) is 9.12. The van der Waals surface area contributed by atoms with Crippen molar-refractivity contribution in [2.75, 3.05) is 6.54 Å². The average molecular weight is 356 g/mol. The van der Waals surface area contributed by atoms with E-state index in [0.717, 1.165) is 43.7 Å². The number of rotatable bonds is 9. The van der Waals surface area contributed by atoms with Crippen LogP contribution in [-0.2, 0) is 10.3 Å². The van der Waals surface area contributed by atoms with E-state index >= 15 is 0 Å². The first-order valence-corrected chi connectivity index (χ1v) is 7.91. The number of carbonyl (C=O) groups is 1. The summed E-state index contributed by atoms with van der Waals surface area (Å²) in [5, 5.41) is 6.05. The van der Waals surface area contributed by atoms with Gasteiger partial charge in [0.25, 0.3) is 0 Å². The summed E-state index contributed by atoms with van der Waals surface area (Å²) in [6.07, 6.45) is 7.39. The topological polar surface area (TPSA) is 68.0 Å². The number of nitrogens with zero attached hydrogens (tertiary/aromatic N) is 1. The van der Waals surface area contributed by atoms with Crippen molar-refractivity contribution < 1.29 is 4.79 Å². The highest BCUT2D eigenvalue weighted by molar-refractivity contribution is 7.09. The molecule has 124 valence electrons. The van der Waals surface area contributed by atoms with Crippen LogP contribution in [0.1, 0.15) is 57.4 Å². The molecule has 0 aliphatic rings. The molecule has 7 heteroatoms. The van der Waals surface area contributed by atoms with Gasteiger partial charge in [-0.25, -0.2) is 4.98 Å². The molecule has 0 aliphatic heterocycles. The van der Waals surface area contributed by atoms with Gasteiger partial charge in [0, 0.05) is 18.0 Å². The lowest BCUT2D eigenvalue weighted by atomic mass is 9.99. The molecule has 0 radical (unpaired) electrons. The Kier molecular flexibility index (Phi) is 13.3. The van der Waals surface area contributed by atoms with E-state index in [1.165, 1.54) is 0 Å². The molecule has 0 spiro atoms. The van der Waals surface area contributed by atoms with Gasteiger partial charge in [-0.3, -0.25) is 4.79 Å². The fourth-order valence-corrected chi connectivity index (χ4v) is 2.77. The van der Waals surface area contributed by atoms with Crippen molar-refractivity contribution in [1.29, 1.82) is 0 Å². The van der Waals surface area contributed by atoms with Crippen molar-refractivity contribution in [3.63, 3.8) is 0 Å². The molecule has 21 heavy (non-hydrogen) atoms. The van der Waals surface area contributed by atoms with Crippen LogP contribution >= 0.6 is 36.2 Å². The molecule has 0 saturated heterocycles. The first kappa shape index (κ1) is 22.9. The van der Waals surface area contributed by atoms with E-state index < -0.39 is 0 Å². The summed E-state index contributed by atoms with van der Waals surface area (Å²) in [7, 11) is 0. The Labute approximate surface area is 144 Å². The van der Waals surface area contributed by atoms with Crippen LogP contribution in [0.3, 0.4) is 0 Å². The molecule has 1 unspecified atom stereocenters. The molecule has 1 aromatic rings. The summed E-state index contributed by atoms with van der Waals surface area (Å²) in [6, 6.07) is 0. The molecule has 0 aromatic carbocycles. The highest BCUT2D eigenvalue weighted by Crippen LogP contribution is 2.26. The van der Waals surface area contributed by atoms with Gasteiger partial charge in [0.1, 0.15) is 5.01 Å². The summed E-state index contributed by atoms with van der Waals surface area (Å²) in [5.74, 6) is 0.118. The van der Waals surface area contributed by atoms with E-state index in [-0.39, 0.29) is 36.3 Å². The van der Waals surface area contributed by atoms with Gasteiger partial charge in [-0.2, -0.15) is 0 Å². The minimum atomic E-state index is -0.331. The zero-order valence-electron chi connectivity index (χ0n) is 12.8. The minimum Gasteiger partial charge on any atom is -0.344 e. The predicted molar refractivity (Wildman–Crippen MR) is 94.5 cm³/mol. The second-order valence-electron chi connectivity index (χ2n) is 5.02. The van der Waals surface area contributed by atoms with Gasteiger partial charge in [-0.05, 0) is 32.7 Å². The van der Waals surface area contributed by atoms with E-state index in [1.54, 1.807) is 17.5 Å². The van der Waals surface area contributed by atoms with Crippen molar-refractivity contribution in [3.05, 3.63) is 16.6 Å². The van der Waals surface area contributed by atoms with E-state index in [2.05, 4.69) is 17.2 Å². The third-order valence-electron chi connectivity index (χ3n) is 3.38. The highest BCUT2D eigenvalue weighted by atomic mass is 35.5. The second kappa shape index (κ2) is 12.2. The highest BCUT2D eigenvalue weighted by Gasteiger charge is 2.28. The molecule has 1 atom stereocenters. The van der Waals surface area contributed by atoms with Crippen LogP contribution in [0.2, 0.25) is 0 Å². The van der Waals surface area contributed by atoms with Gasteiger partial charge in [0.2, 0.25) is 5.91 Å². The molecule has 4 nitrogen and oxygen atoms in total. The smallest absolute Gasteiger partial charge is 0.220 e. The Morgan fingerprint density at radius 1 is 1.33 bits per heavy atom. The lowest BCUT2D eigenvalue weighted by Crippen LogP contribution is -2.42. The van der Waals surface area contributed by atoms with Crippen molar-refractivity contribution in [3.8, 4) is 0 Å². The Morgan fingerprint density at radius 3 is 2.52 bits per heavy atom. The SMILES string of the molecule is CCC(C)(NC(=O)CCCCCCN)c1nccs1.Cl.Cl. The number of aromatic nitrogens is 1. The van der Waals surface area contributed by atoms with Crippen LogP contribution in [0, 0.1) is 0 Å². The van der Waals surface area contributed by atoms with Crippen LogP contribution in [0.15, 0.2) is 11.6 Å². The van der Waals surface area contributed by atoms with E-state index in [4.69, 9.17) is 5.73 Å². The number of nitrogens with two attached hydrogens (primary N) is 1. The number of hydrogen-bond acceptors (Lipinski definition) is 4. The number of hydrogen-bond donors (Lipinski definition) is 2. The zero-order chi connectivity index (χ0) is 14.1. The quantitative estimate of drug-likeness (QED) is 0.664. The first-order valence-electron chi connectivity index (χ1n) is 7.03. The van der Waals surface area contributed by atoms with Gasteiger partial charge in [0.05, 0.1) is 5.54 Å². The van der Waals surface area contributed by atoms with E-state index in [9.17, 15) is 4.79 Å². The molecule has 1 aromatic heterocycles. The Bertz CT molecular complexity index is 376. The van der Waals surface area contributed by atoms with Gasteiger partial charge >= 0.3 is 0 Å². The maximum absolute atomic E-state index is 12.0. The summed E-state index contributed by atoms with van der Waals surface area (Å²) in [6.45, 7) is 4.85. The van der Waals surface area contributed by atoms with E-state index in [0.29, 0.717) is 6.42 Å². The fourth-order valence-electron chi connectivity index (χ4n) is 1.94. The van der Waals surface area contributed by atoms with Crippen LogP contribution in [0.5, 0.6) is 0 Å². The molecule has 1 rings (SSSR count). The standard InChI is InChI=1S/C14H25N3OS.2ClH/c1-3-14(2,13-16-10-11-19-13)17-12(18)8-6-4-5-7-9-15;;/h10-11H,3-9,15H2,1-2H3,(H,17,18);2*1H. The molecular formula is C14H27Cl2N3OS. The number of thiazole rings is 1. The molecule has 1 amide bonds. The van der Waals surface area contributed by atoms with Gasteiger partial charge in [-0.15, -0.1) is 36.2 Å². The summed E-state index contributed by atoms with van der Waals surface area (Å²) >= 11 is 1.59. The molecule has 1 heterocycles. The second-order valence-corrected chi connectivity index (χ2v) is 5.92. The largest absolute Gasteiger partial charge is 0.344 e. The maximum Gasteiger partial charge on any atom is 0.220 e. The van der Waals surface area contributed by atoms with Crippen molar-refractivity contribution in [1.82, 2.24) is 10.3 Å². The number of halogens is 2. The van der Waals surface area contributed by atoms with Crippen molar-refractivity contribution >= 4 is 42.1 Å². The molecule has 0 bridgehead atoms. The Balaban J connectivity index is 0. The summed E-state index contributed by atoms with van der Waals surface area (Å²) < 4.78 is 0. The number of carbonyl (C=O) groups excluding carboxylic acids is 1.